The summed E-state index contributed by atoms with van der Waals surface area (Å²) in [6.07, 6.45) is 6.75. The van der Waals surface area contributed by atoms with Gasteiger partial charge < -0.3 is 9.84 Å². The van der Waals surface area contributed by atoms with Crippen LogP contribution >= 0.6 is 0 Å². The molecule has 1 N–H and O–H groups in total. The summed E-state index contributed by atoms with van der Waals surface area (Å²) in [7, 11) is 0. The summed E-state index contributed by atoms with van der Waals surface area (Å²) >= 11 is 0. The van der Waals surface area contributed by atoms with Crippen molar-refractivity contribution in [3.8, 4) is 0 Å². The topological polar surface area (TPSA) is 29.5 Å². The predicted molar refractivity (Wildman–Crippen MR) is 106 cm³/mol. The van der Waals surface area contributed by atoms with Crippen LogP contribution in [-0.4, -0.2) is 23.9 Å². The smallest absolute Gasteiger partial charge is 0.0594 e. The van der Waals surface area contributed by atoms with Crippen LogP contribution in [0.25, 0.3) is 0 Å². The Kier molecular flexibility index (Phi) is 10.8. The highest BCUT2D eigenvalue weighted by Gasteiger charge is 2.31. The van der Waals surface area contributed by atoms with Gasteiger partial charge in [0.25, 0.3) is 0 Å². The Morgan fingerprint density at radius 3 is 1.54 bits per heavy atom. The zero-order valence-electron chi connectivity index (χ0n) is 18.1. The number of hydrogen-bond donors (Lipinski definition) is 1. The van der Waals surface area contributed by atoms with E-state index >= 15 is 0 Å². The summed E-state index contributed by atoms with van der Waals surface area (Å²) in [4.78, 5) is 0. The van der Waals surface area contributed by atoms with Crippen LogP contribution in [-0.2, 0) is 4.74 Å². The fourth-order valence-corrected chi connectivity index (χ4v) is 3.61. The first-order chi connectivity index (χ1) is 10.8. The van der Waals surface area contributed by atoms with Crippen LogP contribution in [0.4, 0.5) is 0 Å². The van der Waals surface area contributed by atoms with Crippen molar-refractivity contribution in [1.82, 2.24) is 0 Å². The van der Waals surface area contributed by atoms with Crippen molar-refractivity contribution in [2.24, 2.45) is 29.1 Å². The molecule has 2 aliphatic rings. The van der Waals surface area contributed by atoms with Crippen molar-refractivity contribution in [3.63, 3.8) is 0 Å². The van der Waals surface area contributed by atoms with Crippen LogP contribution in [0.5, 0.6) is 0 Å². The Morgan fingerprint density at radius 1 is 1.00 bits per heavy atom. The molecule has 1 heterocycles. The van der Waals surface area contributed by atoms with Crippen molar-refractivity contribution in [1.29, 1.82) is 0 Å². The highest BCUT2D eigenvalue weighted by atomic mass is 16.5. The van der Waals surface area contributed by atoms with E-state index in [4.69, 9.17) is 4.74 Å². The number of ether oxygens (including phenoxy) is 1. The number of aliphatic hydroxyl groups is 1. The second-order valence-electron chi connectivity index (χ2n) is 10.2. The van der Waals surface area contributed by atoms with E-state index in [1.807, 2.05) is 13.8 Å². The molecule has 2 fully saturated rings. The van der Waals surface area contributed by atoms with Gasteiger partial charge in [0.1, 0.15) is 0 Å². The van der Waals surface area contributed by atoms with E-state index in [1.54, 1.807) is 0 Å². The largest absolute Gasteiger partial charge is 0.390 e. The van der Waals surface area contributed by atoms with Gasteiger partial charge in [-0.25, -0.2) is 0 Å². The normalized spacial score (nSPS) is 19.9. The lowest BCUT2D eigenvalue weighted by molar-refractivity contribution is -0.0534. The van der Waals surface area contributed by atoms with Crippen LogP contribution in [0, 0.1) is 29.1 Å². The highest BCUT2D eigenvalue weighted by Crippen LogP contribution is 2.45. The van der Waals surface area contributed by atoms with Crippen molar-refractivity contribution >= 4 is 0 Å². The number of hydrogen-bond acceptors (Lipinski definition) is 2. The zero-order valence-corrected chi connectivity index (χ0v) is 18.1. The molecule has 1 saturated heterocycles. The van der Waals surface area contributed by atoms with Gasteiger partial charge in [0.2, 0.25) is 0 Å². The van der Waals surface area contributed by atoms with Gasteiger partial charge in [-0.05, 0) is 62.7 Å². The SMILES string of the molecule is CC(C)C1COC1.CC(C)CC(C)(C)O.CC(C)CC1(C)CCC1. The summed E-state index contributed by atoms with van der Waals surface area (Å²) in [6, 6.07) is 0. The van der Waals surface area contributed by atoms with Gasteiger partial charge in [-0.3, -0.25) is 0 Å². The first kappa shape index (κ1) is 23.9. The molecule has 0 spiro atoms. The van der Waals surface area contributed by atoms with Crippen LogP contribution in [0.2, 0.25) is 0 Å². The molecule has 0 amide bonds. The minimum Gasteiger partial charge on any atom is -0.390 e. The van der Waals surface area contributed by atoms with Gasteiger partial charge in [-0.15, -0.1) is 0 Å². The summed E-state index contributed by atoms with van der Waals surface area (Å²) in [5.74, 6) is 3.18. The van der Waals surface area contributed by atoms with E-state index in [2.05, 4.69) is 48.5 Å². The van der Waals surface area contributed by atoms with Gasteiger partial charge in [-0.2, -0.15) is 0 Å². The Labute approximate surface area is 152 Å². The molecular weight excluding hydrogens is 296 g/mol. The molecule has 2 heteroatoms. The molecule has 1 aliphatic carbocycles. The first-order valence-electron chi connectivity index (χ1n) is 10.1. The lowest BCUT2D eigenvalue weighted by atomic mass is 9.66. The van der Waals surface area contributed by atoms with Crippen molar-refractivity contribution < 1.29 is 9.84 Å². The second kappa shape index (κ2) is 10.8. The lowest BCUT2D eigenvalue weighted by Gasteiger charge is -2.39. The minimum absolute atomic E-state index is 0.478. The Balaban J connectivity index is 0.000000333. The van der Waals surface area contributed by atoms with Crippen molar-refractivity contribution in [2.45, 2.75) is 100 Å². The zero-order chi connectivity index (χ0) is 19.0. The molecule has 1 saturated carbocycles. The van der Waals surface area contributed by atoms with Crippen LogP contribution in [0.15, 0.2) is 0 Å². The molecule has 0 unspecified atom stereocenters. The molecule has 0 radical (unpaired) electrons. The first-order valence-corrected chi connectivity index (χ1v) is 10.1. The van der Waals surface area contributed by atoms with E-state index in [0.29, 0.717) is 5.92 Å². The monoisotopic (exact) mass is 342 g/mol. The van der Waals surface area contributed by atoms with Crippen molar-refractivity contribution in [3.05, 3.63) is 0 Å². The van der Waals surface area contributed by atoms with Gasteiger partial charge in [0, 0.05) is 5.92 Å². The maximum absolute atomic E-state index is 9.19. The summed E-state index contributed by atoms with van der Waals surface area (Å²) < 4.78 is 5.00. The highest BCUT2D eigenvalue weighted by molar-refractivity contribution is 4.83. The molecule has 0 aromatic heterocycles. The quantitative estimate of drug-likeness (QED) is 0.634. The minimum atomic E-state index is -0.478. The Morgan fingerprint density at radius 2 is 1.50 bits per heavy atom. The molecule has 1 aliphatic heterocycles. The molecule has 2 nitrogen and oxygen atoms in total. The van der Waals surface area contributed by atoms with Crippen LogP contribution in [0.3, 0.4) is 0 Å². The van der Waals surface area contributed by atoms with E-state index in [9.17, 15) is 5.11 Å². The lowest BCUT2D eigenvalue weighted by Crippen LogP contribution is -2.31. The third-order valence-corrected chi connectivity index (χ3v) is 4.98. The van der Waals surface area contributed by atoms with Crippen molar-refractivity contribution in [2.75, 3.05) is 13.2 Å². The van der Waals surface area contributed by atoms with E-state index in [-0.39, 0.29) is 0 Å². The maximum Gasteiger partial charge on any atom is 0.0594 e. The molecule has 0 bridgehead atoms. The van der Waals surface area contributed by atoms with Gasteiger partial charge in [0.05, 0.1) is 18.8 Å². The third-order valence-electron chi connectivity index (χ3n) is 4.98. The predicted octanol–water partition coefficient (Wildman–Crippen LogP) is 6.31. The molecule has 2 rings (SSSR count). The van der Waals surface area contributed by atoms with E-state index in [1.165, 1.54) is 25.7 Å². The van der Waals surface area contributed by atoms with Gasteiger partial charge in [0.15, 0.2) is 0 Å². The van der Waals surface area contributed by atoms with Crippen LogP contribution < -0.4 is 0 Å². The molecule has 24 heavy (non-hydrogen) atoms. The third kappa shape index (κ3) is 12.3. The van der Waals surface area contributed by atoms with E-state index < -0.39 is 5.60 Å². The van der Waals surface area contributed by atoms with Gasteiger partial charge in [-0.1, -0.05) is 54.9 Å². The standard InChI is InChI=1S/C9H18.C7H16O.C6H12O/c1-8(2)7-9(3)5-4-6-9;1-6(2)5-7(3,4)8;1-5(2)6-3-7-4-6/h8H,4-7H2,1-3H3;6,8H,5H2,1-4H3;5-6H,3-4H2,1-2H3. The molecule has 146 valence electrons. The number of rotatable bonds is 5. The molecule has 0 aromatic rings. The second-order valence-corrected chi connectivity index (χ2v) is 10.2. The average Bonchev–Trinajstić information content (AvgIpc) is 2.20. The molecule has 0 aromatic carbocycles. The summed E-state index contributed by atoms with van der Waals surface area (Å²) in [5.41, 5.74) is 0.266. The summed E-state index contributed by atoms with van der Waals surface area (Å²) in [6.45, 7) is 21.5. The van der Waals surface area contributed by atoms with Crippen LogP contribution in [0.1, 0.15) is 94.4 Å². The Hall–Kier alpha value is -0.0800. The Bertz CT molecular complexity index is 304. The van der Waals surface area contributed by atoms with E-state index in [0.717, 1.165) is 42.8 Å². The fraction of sp³-hybridized carbons (Fsp3) is 1.00. The fourth-order valence-electron chi connectivity index (χ4n) is 3.61. The average molecular weight is 343 g/mol. The molecule has 0 atom stereocenters. The molecular formula is C22H46O2. The van der Waals surface area contributed by atoms with Gasteiger partial charge >= 0.3 is 0 Å². The summed E-state index contributed by atoms with van der Waals surface area (Å²) in [5, 5.41) is 9.19. The maximum atomic E-state index is 9.19.